The van der Waals surface area contributed by atoms with Crippen LogP contribution in [0, 0.1) is 5.82 Å². The Kier molecular flexibility index (Phi) is 4.75. The van der Waals surface area contributed by atoms with Gasteiger partial charge < -0.3 is 15.5 Å². The second kappa shape index (κ2) is 7.71. The molecule has 1 aliphatic heterocycles. The summed E-state index contributed by atoms with van der Waals surface area (Å²) in [5.74, 6) is 0.212. The largest absolute Gasteiger partial charge is 0.369 e. The molecular weight excluding hydrogens is 385 g/mol. The average molecular weight is 407 g/mol. The smallest absolute Gasteiger partial charge is 0.229 e. The van der Waals surface area contributed by atoms with E-state index in [1.807, 2.05) is 19.3 Å². The molecule has 154 valence electrons. The molecule has 0 radical (unpaired) electrons. The number of piperazine rings is 1. The van der Waals surface area contributed by atoms with Crippen molar-refractivity contribution in [3.8, 4) is 0 Å². The summed E-state index contributed by atoms with van der Waals surface area (Å²) in [4.78, 5) is 11.1. The van der Waals surface area contributed by atoms with Gasteiger partial charge in [0.15, 0.2) is 5.65 Å². The molecule has 1 saturated heterocycles. The fraction of sp³-hybridized carbons (Fsp3) is 0.300. The summed E-state index contributed by atoms with van der Waals surface area (Å²) in [6.45, 7) is 3.95. The van der Waals surface area contributed by atoms with Gasteiger partial charge in [0, 0.05) is 51.3 Å². The number of halogens is 1. The average Bonchev–Trinajstić information content (AvgIpc) is 3.34. The summed E-state index contributed by atoms with van der Waals surface area (Å²) in [7, 11) is 1.85. The second-order valence-electron chi connectivity index (χ2n) is 7.36. The molecule has 0 saturated carbocycles. The van der Waals surface area contributed by atoms with Gasteiger partial charge >= 0.3 is 0 Å². The molecule has 0 atom stereocenters. The Morgan fingerprint density at radius 3 is 2.77 bits per heavy atom. The SMILES string of the molecule is Cn1cc(Nc2ncc3cnn(Cc4cc(F)cc(N5CCNCC5)c4)c3n2)cn1. The van der Waals surface area contributed by atoms with Crippen molar-refractivity contribution in [2.75, 3.05) is 36.4 Å². The van der Waals surface area contributed by atoms with Crippen molar-refractivity contribution in [3.63, 3.8) is 0 Å². The van der Waals surface area contributed by atoms with Gasteiger partial charge in [0.2, 0.25) is 5.95 Å². The summed E-state index contributed by atoms with van der Waals surface area (Å²) >= 11 is 0. The van der Waals surface area contributed by atoms with Gasteiger partial charge in [0.1, 0.15) is 5.82 Å². The maximum atomic E-state index is 14.3. The molecule has 10 heteroatoms. The summed E-state index contributed by atoms with van der Waals surface area (Å²) in [5.41, 5.74) is 3.23. The molecule has 9 nitrogen and oxygen atoms in total. The molecule has 2 N–H and O–H groups in total. The minimum Gasteiger partial charge on any atom is -0.369 e. The van der Waals surface area contributed by atoms with Gasteiger partial charge in [0.25, 0.3) is 0 Å². The molecule has 5 rings (SSSR count). The zero-order chi connectivity index (χ0) is 20.5. The van der Waals surface area contributed by atoms with E-state index in [2.05, 4.69) is 35.7 Å². The molecule has 0 spiro atoms. The second-order valence-corrected chi connectivity index (χ2v) is 7.36. The maximum absolute atomic E-state index is 14.3. The van der Waals surface area contributed by atoms with Gasteiger partial charge in [-0.2, -0.15) is 15.2 Å². The number of anilines is 3. The molecule has 1 fully saturated rings. The van der Waals surface area contributed by atoms with E-state index in [4.69, 9.17) is 0 Å². The Labute approximate surface area is 172 Å². The zero-order valence-electron chi connectivity index (χ0n) is 16.6. The highest BCUT2D eigenvalue weighted by Gasteiger charge is 2.14. The van der Waals surface area contributed by atoms with Crippen molar-refractivity contribution in [1.82, 2.24) is 34.8 Å². The van der Waals surface area contributed by atoms with Crippen LogP contribution in [0.5, 0.6) is 0 Å². The van der Waals surface area contributed by atoms with Crippen LogP contribution in [-0.2, 0) is 13.6 Å². The van der Waals surface area contributed by atoms with Crippen LogP contribution in [0.3, 0.4) is 0 Å². The van der Waals surface area contributed by atoms with Crippen molar-refractivity contribution in [3.05, 3.63) is 54.4 Å². The molecular formula is C20H22FN9. The summed E-state index contributed by atoms with van der Waals surface area (Å²) in [6.07, 6.45) is 6.99. The first-order chi connectivity index (χ1) is 14.6. The summed E-state index contributed by atoms with van der Waals surface area (Å²) in [5, 5.41) is 15.9. The van der Waals surface area contributed by atoms with Gasteiger partial charge in [0.05, 0.1) is 30.0 Å². The Morgan fingerprint density at radius 1 is 1.10 bits per heavy atom. The molecule has 30 heavy (non-hydrogen) atoms. The number of hydrogen-bond acceptors (Lipinski definition) is 7. The molecule has 0 bridgehead atoms. The van der Waals surface area contributed by atoms with E-state index in [0.717, 1.165) is 48.5 Å². The molecule has 0 amide bonds. The number of benzene rings is 1. The van der Waals surface area contributed by atoms with E-state index in [1.54, 1.807) is 40.1 Å². The van der Waals surface area contributed by atoms with Crippen LogP contribution in [0.25, 0.3) is 11.0 Å². The fourth-order valence-electron chi connectivity index (χ4n) is 3.66. The maximum Gasteiger partial charge on any atom is 0.229 e. The lowest BCUT2D eigenvalue weighted by molar-refractivity contribution is 0.583. The molecule has 4 heterocycles. The molecule has 1 aliphatic rings. The third-order valence-corrected chi connectivity index (χ3v) is 5.09. The first kappa shape index (κ1) is 18.5. The van der Waals surface area contributed by atoms with Gasteiger partial charge in [-0.05, 0) is 23.8 Å². The highest BCUT2D eigenvalue weighted by Crippen LogP contribution is 2.22. The van der Waals surface area contributed by atoms with Crippen LogP contribution in [0.4, 0.5) is 21.7 Å². The summed E-state index contributed by atoms with van der Waals surface area (Å²) in [6, 6.07) is 5.17. The van der Waals surface area contributed by atoms with Crippen LogP contribution in [0.1, 0.15) is 5.56 Å². The van der Waals surface area contributed by atoms with E-state index in [1.165, 1.54) is 0 Å². The van der Waals surface area contributed by atoms with E-state index in [-0.39, 0.29) is 5.82 Å². The van der Waals surface area contributed by atoms with Crippen LogP contribution in [-0.4, -0.2) is 55.7 Å². The lowest BCUT2D eigenvalue weighted by Crippen LogP contribution is -2.43. The predicted molar refractivity (Wildman–Crippen MR) is 112 cm³/mol. The highest BCUT2D eigenvalue weighted by atomic mass is 19.1. The third-order valence-electron chi connectivity index (χ3n) is 5.09. The molecule has 0 unspecified atom stereocenters. The van der Waals surface area contributed by atoms with E-state index in [9.17, 15) is 4.39 Å². The topological polar surface area (TPSA) is 88.7 Å². The minimum atomic E-state index is -0.244. The minimum absolute atomic E-state index is 0.244. The van der Waals surface area contributed by atoms with Crippen LogP contribution < -0.4 is 15.5 Å². The van der Waals surface area contributed by atoms with Crippen LogP contribution in [0.2, 0.25) is 0 Å². The van der Waals surface area contributed by atoms with Gasteiger partial charge in [-0.3, -0.25) is 4.68 Å². The molecule has 0 aliphatic carbocycles. The standard InChI is InChI=1S/C20H22FN9/c1-28-13-17(11-24-28)26-20-23-9-15-10-25-30(19(15)27-20)12-14-6-16(21)8-18(7-14)29-4-2-22-3-5-29/h6-11,13,22H,2-5,12H2,1H3,(H,23,26,27). The third kappa shape index (κ3) is 3.81. The number of rotatable bonds is 5. The van der Waals surface area contributed by atoms with Crippen molar-refractivity contribution in [2.45, 2.75) is 6.54 Å². The zero-order valence-corrected chi connectivity index (χ0v) is 16.6. The predicted octanol–water partition coefficient (Wildman–Crippen LogP) is 1.90. The number of nitrogens with one attached hydrogen (secondary N) is 2. The monoisotopic (exact) mass is 407 g/mol. The number of aryl methyl sites for hydroxylation is 1. The number of hydrogen-bond donors (Lipinski definition) is 2. The highest BCUT2D eigenvalue weighted by molar-refractivity contribution is 5.75. The lowest BCUT2D eigenvalue weighted by atomic mass is 10.1. The van der Waals surface area contributed by atoms with Crippen LogP contribution >= 0.6 is 0 Å². The normalized spacial score (nSPS) is 14.4. The quantitative estimate of drug-likeness (QED) is 0.522. The number of aromatic nitrogens is 6. The number of nitrogens with zero attached hydrogens (tertiary/aromatic N) is 7. The van der Waals surface area contributed by atoms with Crippen molar-refractivity contribution >= 4 is 28.4 Å². The molecule has 3 aromatic heterocycles. The van der Waals surface area contributed by atoms with Crippen molar-refractivity contribution < 1.29 is 4.39 Å². The van der Waals surface area contributed by atoms with Gasteiger partial charge in [-0.15, -0.1) is 0 Å². The fourth-order valence-corrected chi connectivity index (χ4v) is 3.66. The number of fused-ring (bicyclic) bond motifs is 1. The Hall–Kier alpha value is -3.53. The molecule has 4 aromatic rings. The first-order valence-corrected chi connectivity index (χ1v) is 9.83. The Balaban J connectivity index is 1.42. The van der Waals surface area contributed by atoms with Gasteiger partial charge in [-0.25, -0.2) is 14.1 Å². The lowest BCUT2D eigenvalue weighted by Gasteiger charge is -2.29. The van der Waals surface area contributed by atoms with Gasteiger partial charge in [-0.1, -0.05) is 0 Å². The van der Waals surface area contributed by atoms with Crippen LogP contribution in [0.15, 0.2) is 43.0 Å². The van der Waals surface area contributed by atoms with E-state index in [0.29, 0.717) is 18.1 Å². The van der Waals surface area contributed by atoms with Crippen molar-refractivity contribution in [1.29, 1.82) is 0 Å². The Morgan fingerprint density at radius 2 is 1.97 bits per heavy atom. The Bertz CT molecular complexity index is 1180. The van der Waals surface area contributed by atoms with Crippen molar-refractivity contribution in [2.24, 2.45) is 7.05 Å². The van der Waals surface area contributed by atoms with E-state index >= 15 is 0 Å². The van der Waals surface area contributed by atoms with E-state index < -0.39 is 0 Å². The molecule has 1 aromatic carbocycles. The first-order valence-electron chi connectivity index (χ1n) is 9.83. The summed E-state index contributed by atoms with van der Waals surface area (Å²) < 4.78 is 17.8.